The molecule has 0 radical (unpaired) electrons. The average molecular weight is 466 g/mol. The maximum atomic E-state index is 13.4. The SMILES string of the molecule is COCC1(O)CCC2(C)C(CCC3C2CCC2(C)C(C(=O)Nc4ccc(C#N)cn4)CCC32)C1. The van der Waals surface area contributed by atoms with E-state index in [9.17, 15) is 9.90 Å². The molecule has 6 nitrogen and oxygen atoms in total. The van der Waals surface area contributed by atoms with Crippen LogP contribution in [0.25, 0.3) is 0 Å². The van der Waals surface area contributed by atoms with E-state index in [-0.39, 0.29) is 22.7 Å². The highest BCUT2D eigenvalue weighted by Crippen LogP contribution is 2.68. The normalized spacial score (nSPS) is 43.2. The second-order valence-corrected chi connectivity index (χ2v) is 12.2. The third-order valence-electron chi connectivity index (χ3n) is 10.7. The van der Waals surface area contributed by atoms with Crippen LogP contribution < -0.4 is 5.32 Å². The minimum Gasteiger partial charge on any atom is -0.387 e. The molecule has 2 N–H and O–H groups in total. The molecule has 4 saturated carbocycles. The van der Waals surface area contributed by atoms with Crippen molar-refractivity contribution in [3.8, 4) is 6.07 Å². The smallest absolute Gasteiger partial charge is 0.229 e. The van der Waals surface area contributed by atoms with Crippen LogP contribution in [0.15, 0.2) is 18.3 Å². The van der Waals surface area contributed by atoms with Crippen LogP contribution in [0.1, 0.15) is 77.2 Å². The molecule has 8 atom stereocenters. The van der Waals surface area contributed by atoms with Crippen LogP contribution in [0.3, 0.4) is 0 Å². The number of aliphatic hydroxyl groups is 1. The predicted octanol–water partition coefficient (Wildman–Crippen LogP) is 4.93. The molecule has 0 aliphatic heterocycles. The van der Waals surface area contributed by atoms with Crippen LogP contribution in [0.2, 0.25) is 0 Å². The molecular formula is C28H39N3O3. The van der Waals surface area contributed by atoms with Gasteiger partial charge in [-0.1, -0.05) is 13.8 Å². The largest absolute Gasteiger partial charge is 0.387 e. The van der Waals surface area contributed by atoms with Crippen molar-refractivity contribution < 1.29 is 14.6 Å². The summed E-state index contributed by atoms with van der Waals surface area (Å²) in [5, 5.41) is 23.1. The summed E-state index contributed by atoms with van der Waals surface area (Å²) in [7, 11) is 1.69. The molecule has 0 saturated heterocycles. The highest BCUT2D eigenvalue weighted by molar-refractivity contribution is 5.92. The standard InChI is InChI=1S/C28H39N3O3/c1-26-12-13-28(33,17-34-3)14-19(26)5-6-20-21-7-8-23(27(21,2)11-10-22(20)26)25(32)31-24-9-4-18(15-29)16-30-24/h4,9,16,19-23,33H,5-8,10-14,17H2,1-3H3,(H,30,31,32). The van der Waals surface area contributed by atoms with Gasteiger partial charge in [0.2, 0.25) is 5.91 Å². The zero-order chi connectivity index (χ0) is 24.1. The first-order chi connectivity index (χ1) is 16.2. The number of ether oxygens (including phenoxy) is 1. The lowest BCUT2D eigenvalue weighted by molar-refractivity contribution is -0.163. The predicted molar refractivity (Wildman–Crippen MR) is 130 cm³/mol. The lowest BCUT2D eigenvalue weighted by Crippen LogP contribution is -2.57. The summed E-state index contributed by atoms with van der Waals surface area (Å²) in [4.78, 5) is 17.6. The fourth-order valence-corrected chi connectivity index (χ4v) is 8.90. The molecule has 34 heavy (non-hydrogen) atoms. The van der Waals surface area contributed by atoms with Gasteiger partial charge in [-0.3, -0.25) is 4.79 Å². The second kappa shape index (κ2) is 8.60. The van der Waals surface area contributed by atoms with Crippen LogP contribution in [0.4, 0.5) is 5.82 Å². The average Bonchev–Trinajstić information content (AvgIpc) is 3.18. The minimum atomic E-state index is -0.662. The van der Waals surface area contributed by atoms with E-state index in [0.29, 0.717) is 41.7 Å². The highest BCUT2D eigenvalue weighted by Gasteiger charge is 2.62. The lowest BCUT2D eigenvalue weighted by Gasteiger charge is -2.62. The Balaban J connectivity index is 1.30. The maximum Gasteiger partial charge on any atom is 0.229 e. The number of hydrogen-bond acceptors (Lipinski definition) is 5. The third-order valence-corrected chi connectivity index (χ3v) is 10.7. The van der Waals surface area contributed by atoms with Gasteiger partial charge in [-0.2, -0.15) is 5.26 Å². The number of nitriles is 1. The van der Waals surface area contributed by atoms with Crippen molar-refractivity contribution in [1.82, 2.24) is 4.98 Å². The van der Waals surface area contributed by atoms with Gasteiger partial charge in [0.05, 0.1) is 17.8 Å². The molecule has 0 bridgehead atoms. The zero-order valence-electron chi connectivity index (χ0n) is 20.8. The molecule has 4 aliphatic carbocycles. The summed E-state index contributed by atoms with van der Waals surface area (Å²) in [5.74, 6) is 3.16. The van der Waals surface area contributed by atoms with E-state index in [0.717, 1.165) is 38.5 Å². The van der Waals surface area contributed by atoms with Crippen molar-refractivity contribution in [2.45, 2.75) is 77.2 Å². The van der Waals surface area contributed by atoms with E-state index in [2.05, 4.69) is 30.2 Å². The van der Waals surface area contributed by atoms with E-state index in [4.69, 9.17) is 10.00 Å². The van der Waals surface area contributed by atoms with Crippen LogP contribution in [0.5, 0.6) is 0 Å². The molecule has 8 unspecified atom stereocenters. The van der Waals surface area contributed by atoms with Crippen LogP contribution in [-0.4, -0.2) is 35.3 Å². The molecule has 1 amide bonds. The molecule has 4 aliphatic rings. The van der Waals surface area contributed by atoms with Crippen LogP contribution in [-0.2, 0) is 9.53 Å². The maximum absolute atomic E-state index is 13.4. The van der Waals surface area contributed by atoms with Gasteiger partial charge in [-0.15, -0.1) is 0 Å². The molecule has 1 aromatic heterocycles. The number of rotatable bonds is 4. The first-order valence-electron chi connectivity index (χ1n) is 13.1. The number of pyridine rings is 1. The van der Waals surface area contributed by atoms with Crippen molar-refractivity contribution >= 4 is 11.7 Å². The fraction of sp³-hybridized carbons (Fsp3) is 0.750. The van der Waals surface area contributed by atoms with E-state index in [1.807, 2.05) is 0 Å². The summed E-state index contributed by atoms with van der Waals surface area (Å²) in [6.45, 7) is 5.31. The molecular weight excluding hydrogens is 426 g/mol. The zero-order valence-corrected chi connectivity index (χ0v) is 20.8. The Bertz CT molecular complexity index is 974. The summed E-state index contributed by atoms with van der Waals surface area (Å²) in [6.07, 6.45) is 11.1. The molecule has 184 valence electrons. The lowest BCUT2D eigenvalue weighted by atomic mass is 9.44. The number of nitrogens with zero attached hydrogens (tertiary/aromatic N) is 2. The number of carbonyl (C=O) groups excluding carboxylic acids is 1. The number of amides is 1. The number of carbonyl (C=O) groups is 1. The summed E-state index contributed by atoms with van der Waals surface area (Å²) in [5.41, 5.74) is 0.158. The Morgan fingerprint density at radius 1 is 1.15 bits per heavy atom. The van der Waals surface area contributed by atoms with E-state index >= 15 is 0 Å². The number of methoxy groups -OCH3 is 1. The topological polar surface area (TPSA) is 95.2 Å². The highest BCUT2D eigenvalue weighted by atomic mass is 16.5. The fourth-order valence-electron chi connectivity index (χ4n) is 8.90. The quantitative estimate of drug-likeness (QED) is 0.657. The number of fused-ring (bicyclic) bond motifs is 5. The first-order valence-corrected chi connectivity index (χ1v) is 13.1. The van der Waals surface area contributed by atoms with E-state index in [1.54, 1.807) is 19.2 Å². The number of aromatic nitrogens is 1. The van der Waals surface area contributed by atoms with Gasteiger partial charge in [0.15, 0.2) is 0 Å². The van der Waals surface area contributed by atoms with Crippen molar-refractivity contribution in [2.24, 2.45) is 40.4 Å². The van der Waals surface area contributed by atoms with Gasteiger partial charge < -0.3 is 15.2 Å². The van der Waals surface area contributed by atoms with Crippen LogP contribution in [0, 0.1) is 51.8 Å². The van der Waals surface area contributed by atoms with E-state index in [1.165, 1.54) is 25.5 Å². The number of hydrogen-bond donors (Lipinski definition) is 2. The second-order valence-electron chi connectivity index (χ2n) is 12.2. The van der Waals surface area contributed by atoms with Gasteiger partial charge >= 0.3 is 0 Å². The van der Waals surface area contributed by atoms with Gasteiger partial charge in [-0.05, 0) is 104 Å². The van der Waals surface area contributed by atoms with E-state index < -0.39 is 5.60 Å². The molecule has 1 heterocycles. The minimum absolute atomic E-state index is 0.0135. The molecule has 5 rings (SSSR count). The molecule has 0 spiro atoms. The van der Waals surface area contributed by atoms with Gasteiger partial charge in [0, 0.05) is 19.2 Å². The molecule has 6 heteroatoms. The van der Waals surface area contributed by atoms with Crippen LogP contribution >= 0.6 is 0 Å². The monoisotopic (exact) mass is 465 g/mol. The molecule has 0 aromatic carbocycles. The number of anilines is 1. The molecule has 4 fully saturated rings. The van der Waals surface area contributed by atoms with Gasteiger partial charge in [0.1, 0.15) is 11.9 Å². The van der Waals surface area contributed by atoms with Crippen molar-refractivity contribution in [2.75, 3.05) is 19.0 Å². The van der Waals surface area contributed by atoms with Gasteiger partial charge in [0.25, 0.3) is 0 Å². The Morgan fingerprint density at radius 2 is 1.94 bits per heavy atom. The summed E-state index contributed by atoms with van der Waals surface area (Å²) in [6, 6.07) is 5.49. The third kappa shape index (κ3) is 3.76. The number of nitrogens with one attached hydrogen (secondary N) is 1. The Hall–Kier alpha value is -1.97. The summed E-state index contributed by atoms with van der Waals surface area (Å²) < 4.78 is 5.36. The van der Waals surface area contributed by atoms with Crippen molar-refractivity contribution in [1.29, 1.82) is 5.26 Å². The van der Waals surface area contributed by atoms with Crippen molar-refractivity contribution in [3.63, 3.8) is 0 Å². The van der Waals surface area contributed by atoms with Crippen molar-refractivity contribution in [3.05, 3.63) is 23.9 Å². The Morgan fingerprint density at radius 3 is 2.65 bits per heavy atom. The van der Waals surface area contributed by atoms with Gasteiger partial charge in [-0.25, -0.2) is 4.98 Å². The Labute approximate surface area is 203 Å². The Kier molecular flexibility index (Phi) is 6.01. The summed E-state index contributed by atoms with van der Waals surface area (Å²) >= 11 is 0. The first kappa shape index (κ1) is 23.8. The molecule has 1 aromatic rings.